The number of carbonyl (C=O) groups excluding carboxylic acids is 9. The molecule has 0 radical (unpaired) electrons. The first-order valence-corrected chi connectivity index (χ1v) is 28.8. The molecule has 19 nitrogen and oxygen atoms in total. The molecule has 2 saturated heterocycles. The van der Waals surface area contributed by atoms with Gasteiger partial charge in [-0.1, -0.05) is 115 Å². The number of carbonyl (C=O) groups is 9. The number of ether oxygens (including phenoxy) is 1. The molecule has 5 rings (SSSR count). The van der Waals surface area contributed by atoms with Crippen molar-refractivity contribution in [3.05, 3.63) is 95.6 Å². The maximum Gasteiger partial charge on any atom is 0.416 e. The van der Waals surface area contributed by atoms with Crippen molar-refractivity contribution in [1.82, 2.24) is 40.4 Å². The van der Waals surface area contributed by atoms with Crippen LogP contribution in [0.25, 0.3) is 11.1 Å². The van der Waals surface area contributed by atoms with Crippen LogP contribution in [0.2, 0.25) is 0 Å². The zero-order valence-corrected chi connectivity index (χ0v) is 50.6. The number of aliphatic hydroxyl groups is 1. The summed E-state index contributed by atoms with van der Waals surface area (Å²) in [6.45, 7) is 13.9. The van der Waals surface area contributed by atoms with Gasteiger partial charge in [-0.05, 0) is 92.7 Å². The Morgan fingerprint density at radius 2 is 1.25 bits per heavy atom. The van der Waals surface area contributed by atoms with Gasteiger partial charge < -0.3 is 50.3 Å². The quantitative estimate of drug-likeness (QED) is 0.168. The Kier molecular flexibility index (Phi) is 23.2. The first-order chi connectivity index (χ1) is 39.3. The van der Waals surface area contributed by atoms with E-state index in [9.17, 15) is 51.8 Å². The molecule has 22 heteroatoms. The molecule has 0 spiro atoms. The van der Waals surface area contributed by atoms with Crippen LogP contribution in [-0.4, -0.2) is 178 Å². The molecular formula is C62H85F3N8O11. The third-order valence-corrected chi connectivity index (χ3v) is 16.2. The topological polar surface area (TPSA) is 235 Å². The summed E-state index contributed by atoms with van der Waals surface area (Å²) in [4.78, 5) is 138. The molecule has 10 atom stereocenters. The molecular weight excluding hydrogens is 1090 g/mol. The number of benzene rings is 3. The number of cyclic esters (lactones) is 1. The molecule has 2 aliphatic heterocycles. The van der Waals surface area contributed by atoms with Gasteiger partial charge in [0.2, 0.25) is 41.4 Å². The molecule has 4 N–H and O–H groups in total. The van der Waals surface area contributed by atoms with Gasteiger partial charge in [0, 0.05) is 53.5 Å². The second-order valence-corrected chi connectivity index (χ2v) is 23.6. The number of likely N-dealkylation sites (N-methyl/N-ethyl adjacent to an activating group) is 4. The minimum Gasteiger partial charge on any atom is -0.450 e. The molecule has 0 aliphatic carbocycles. The van der Waals surface area contributed by atoms with Crippen LogP contribution in [0.1, 0.15) is 111 Å². The maximum atomic E-state index is 15.4. The molecule has 3 aromatic rings. The fraction of sp³-hybridized carbons (Fsp3) is 0.565. The van der Waals surface area contributed by atoms with Gasteiger partial charge in [-0.25, -0.2) is 4.79 Å². The summed E-state index contributed by atoms with van der Waals surface area (Å²) >= 11 is 0. The molecule has 84 heavy (non-hydrogen) atoms. The molecule has 460 valence electrons. The number of hydrogen-bond donors (Lipinski definition) is 4. The largest absolute Gasteiger partial charge is 0.450 e. The molecule has 8 unspecified atom stereocenters. The average Bonchev–Trinajstić information content (AvgIpc) is 3.66. The molecule has 8 amide bonds. The minimum absolute atomic E-state index is 0.0522. The van der Waals surface area contributed by atoms with Crippen LogP contribution in [0.4, 0.5) is 13.2 Å². The van der Waals surface area contributed by atoms with Crippen LogP contribution >= 0.6 is 0 Å². The van der Waals surface area contributed by atoms with Crippen molar-refractivity contribution in [3.63, 3.8) is 0 Å². The summed E-state index contributed by atoms with van der Waals surface area (Å²) in [7, 11) is 5.30. The van der Waals surface area contributed by atoms with Crippen molar-refractivity contribution in [1.29, 1.82) is 0 Å². The molecule has 2 heterocycles. The number of hydrogen-bond acceptors (Lipinski definition) is 11. The second-order valence-electron chi connectivity index (χ2n) is 23.6. The summed E-state index contributed by atoms with van der Waals surface area (Å²) in [6, 6.07) is 10.4. The van der Waals surface area contributed by atoms with Crippen LogP contribution in [0.5, 0.6) is 0 Å². The number of halogens is 3. The van der Waals surface area contributed by atoms with Gasteiger partial charge in [0.25, 0.3) is 5.91 Å². The Bertz CT molecular complexity index is 2850. The maximum absolute atomic E-state index is 15.4. The normalized spacial score (nSPS) is 24.8. The number of nitrogens with zero attached hydrogens (tertiary/aromatic N) is 5. The summed E-state index contributed by atoms with van der Waals surface area (Å²) in [5.74, 6) is -8.55. The van der Waals surface area contributed by atoms with Crippen molar-refractivity contribution >= 4 is 53.2 Å². The van der Waals surface area contributed by atoms with E-state index in [2.05, 4.69) is 16.0 Å². The van der Waals surface area contributed by atoms with E-state index in [1.54, 1.807) is 89.2 Å². The first-order valence-electron chi connectivity index (χ1n) is 28.8. The minimum atomic E-state index is -4.63. The van der Waals surface area contributed by atoms with Crippen molar-refractivity contribution in [2.45, 2.75) is 167 Å². The average molecular weight is 1180 g/mol. The lowest BCUT2D eigenvalue weighted by molar-refractivity contribution is -0.176. The monoisotopic (exact) mass is 1170 g/mol. The number of esters is 1. The number of rotatable bonds is 12. The smallest absolute Gasteiger partial charge is 0.416 e. The SMILES string of the molecule is CCC(C)C1NC(=O)C2CCCN2C(=O)C(Cc2cccc(-c3cccc(C(F)(F)F)c3)c2)N(C)C(=O)C(Cc2ccccc2)NC(=O)CN(C)C(=O)[C@@H](C(C)CC)OC(=O)C(C(C)(C)O)N(C)C(=O)C(CC(C)C)NC(=O)[C@H](C)N(C)C1=O. The van der Waals surface area contributed by atoms with E-state index in [1.807, 2.05) is 6.92 Å². The summed E-state index contributed by atoms with van der Waals surface area (Å²) in [5.41, 5.74) is -1.21. The van der Waals surface area contributed by atoms with Gasteiger partial charge in [0.1, 0.15) is 36.3 Å². The second kappa shape index (κ2) is 29.0. The van der Waals surface area contributed by atoms with Crippen LogP contribution in [0.3, 0.4) is 0 Å². The van der Waals surface area contributed by atoms with Crippen molar-refractivity contribution < 1.29 is 66.2 Å². The van der Waals surface area contributed by atoms with Crippen molar-refractivity contribution in [3.8, 4) is 11.1 Å². The zero-order chi connectivity index (χ0) is 62.7. The Labute approximate surface area is 491 Å². The van der Waals surface area contributed by atoms with E-state index < -0.39 is 137 Å². The van der Waals surface area contributed by atoms with Crippen molar-refractivity contribution in [2.75, 3.05) is 41.3 Å². The molecule has 0 aromatic heterocycles. The van der Waals surface area contributed by atoms with Crippen molar-refractivity contribution in [2.24, 2.45) is 17.8 Å². The fourth-order valence-corrected chi connectivity index (χ4v) is 10.7. The van der Waals surface area contributed by atoms with Gasteiger partial charge in [-0.2, -0.15) is 13.2 Å². The van der Waals surface area contributed by atoms with E-state index in [0.29, 0.717) is 36.0 Å². The Balaban J connectivity index is 1.66. The lowest BCUT2D eigenvalue weighted by Crippen LogP contribution is -2.62. The van der Waals surface area contributed by atoms with Crippen LogP contribution in [-0.2, 0) is 66.9 Å². The van der Waals surface area contributed by atoms with Gasteiger partial charge in [-0.15, -0.1) is 0 Å². The Morgan fingerprint density at radius 3 is 1.85 bits per heavy atom. The molecule has 3 aromatic carbocycles. The van der Waals surface area contributed by atoms with E-state index in [-0.39, 0.29) is 43.7 Å². The van der Waals surface area contributed by atoms with Gasteiger partial charge in [0.15, 0.2) is 12.1 Å². The third kappa shape index (κ3) is 16.9. The highest BCUT2D eigenvalue weighted by atomic mass is 19.4. The Hall–Kier alpha value is -7.36. The summed E-state index contributed by atoms with van der Waals surface area (Å²) in [5, 5.41) is 19.9. The number of nitrogens with one attached hydrogen (secondary N) is 3. The van der Waals surface area contributed by atoms with E-state index >= 15 is 9.59 Å². The molecule has 2 aliphatic rings. The highest BCUT2D eigenvalue weighted by Crippen LogP contribution is 2.33. The van der Waals surface area contributed by atoms with Crippen LogP contribution < -0.4 is 16.0 Å². The van der Waals surface area contributed by atoms with E-state index in [1.165, 1.54) is 70.9 Å². The highest BCUT2D eigenvalue weighted by Gasteiger charge is 2.47. The lowest BCUT2D eigenvalue weighted by atomic mass is 9.94. The lowest BCUT2D eigenvalue weighted by Gasteiger charge is -2.38. The van der Waals surface area contributed by atoms with Gasteiger partial charge in [0.05, 0.1) is 17.7 Å². The standard InChI is InChI=1S/C62H85F3N8O11/c1-14-37(5)50-58(80)70(11)39(7)53(75)67-45(30-36(3)4)56(78)72(13)52(61(8,9)83)60(82)84-51(38(6)15-2)59(81)69(10)35-49(74)66-46(32-40-22-17-16-18-23-40)55(77)71(12)48(57(79)73-29-21-28-47(73)54(76)68-50)33-41-24-19-25-42(31-41)43-26-20-27-44(34-43)62(63,64)65/h16-20,22-27,31,34,36-39,45-48,50-52,83H,14-15,21,28-30,32-33,35H2,1-13H3,(H,66,74)(H,67,75)(H,68,76)/t37?,38?,39-,45?,46?,47?,48?,50?,51+,52?/m0/s1. The number of alkyl halides is 3. The molecule has 2 fully saturated rings. The molecule has 0 bridgehead atoms. The predicted octanol–water partition coefficient (Wildman–Crippen LogP) is 5.40. The fourth-order valence-electron chi connectivity index (χ4n) is 10.7. The highest BCUT2D eigenvalue weighted by molar-refractivity contribution is 5.98. The van der Waals surface area contributed by atoms with Crippen LogP contribution in [0.15, 0.2) is 78.9 Å². The van der Waals surface area contributed by atoms with Crippen LogP contribution in [0, 0.1) is 17.8 Å². The summed E-state index contributed by atoms with van der Waals surface area (Å²) < 4.78 is 47.7. The predicted molar refractivity (Wildman–Crippen MR) is 309 cm³/mol. The van der Waals surface area contributed by atoms with Gasteiger partial charge in [-0.3, -0.25) is 38.4 Å². The number of amides is 8. The summed E-state index contributed by atoms with van der Waals surface area (Å²) in [6.07, 6.45) is -5.29. The number of fused-ring (bicyclic) bond motifs is 1. The Morgan fingerprint density at radius 1 is 0.655 bits per heavy atom. The first kappa shape index (κ1) is 67.4. The van der Waals surface area contributed by atoms with E-state index in [0.717, 1.165) is 26.8 Å². The third-order valence-electron chi connectivity index (χ3n) is 16.2. The van der Waals surface area contributed by atoms with E-state index in [4.69, 9.17) is 4.74 Å². The molecule has 0 saturated carbocycles. The zero-order valence-electron chi connectivity index (χ0n) is 50.6. The van der Waals surface area contributed by atoms with Gasteiger partial charge >= 0.3 is 12.1 Å².